The summed E-state index contributed by atoms with van der Waals surface area (Å²) in [5.74, 6) is 0.269. The molecule has 2 atom stereocenters. The van der Waals surface area contributed by atoms with Gasteiger partial charge in [-0.1, -0.05) is 12.1 Å². The van der Waals surface area contributed by atoms with Crippen LogP contribution in [0.1, 0.15) is 31.9 Å². The molecule has 1 saturated heterocycles. The Bertz CT molecular complexity index is 775. The Morgan fingerprint density at radius 1 is 1.29 bits per heavy atom. The van der Waals surface area contributed by atoms with Crippen molar-refractivity contribution in [2.45, 2.75) is 46.4 Å². The van der Waals surface area contributed by atoms with Crippen molar-refractivity contribution in [3.8, 4) is 0 Å². The number of ether oxygens (including phenoxy) is 1. The van der Waals surface area contributed by atoms with Gasteiger partial charge in [0.2, 0.25) is 10.0 Å². The van der Waals surface area contributed by atoms with Gasteiger partial charge in [0.05, 0.1) is 24.5 Å². The number of sulfonamides is 1. The number of hydrogen-bond donors (Lipinski definition) is 2. The maximum Gasteiger partial charge on any atom is 0.216 e. The van der Waals surface area contributed by atoms with E-state index in [0.717, 1.165) is 5.56 Å². The fourth-order valence-electron chi connectivity index (χ4n) is 3.10. The lowest BCUT2D eigenvalue weighted by Gasteiger charge is -2.34. The van der Waals surface area contributed by atoms with E-state index in [1.807, 2.05) is 20.8 Å². The Labute approximate surface area is 167 Å². The predicted molar refractivity (Wildman–Crippen MR) is 109 cm³/mol. The zero-order chi connectivity index (χ0) is 20.7. The Balaban J connectivity index is 1.92. The SMILES string of the molecule is CCNC(=NCc1ccc(F)c(C)c1)NCCS(=O)(=O)N1CC(C)OC(C)C1. The Hall–Kier alpha value is -1.71. The quantitative estimate of drug-likeness (QED) is 0.523. The molecule has 0 spiro atoms. The van der Waals surface area contributed by atoms with E-state index in [1.54, 1.807) is 19.1 Å². The number of nitrogens with zero attached hydrogens (tertiary/aromatic N) is 2. The molecule has 0 saturated carbocycles. The van der Waals surface area contributed by atoms with Crippen LogP contribution < -0.4 is 10.6 Å². The lowest BCUT2D eigenvalue weighted by molar-refractivity contribution is -0.0440. The van der Waals surface area contributed by atoms with Crippen LogP contribution in [0.25, 0.3) is 0 Å². The third kappa shape index (κ3) is 6.72. The van der Waals surface area contributed by atoms with Gasteiger partial charge in [0.25, 0.3) is 0 Å². The van der Waals surface area contributed by atoms with Crippen LogP contribution in [0.4, 0.5) is 4.39 Å². The molecule has 0 amide bonds. The maximum atomic E-state index is 13.4. The summed E-state index contributed by atoms with van der Waals surface area (Å²) >= 11 is 0. The molecule has 28 heavy (non-hydrogen) atoms. The van der Waals surface area contributed by atoms with Crippen molar-refractivity contribution < 1.29 is 17.5 Å². The summed E-state index contributed by atoms with van der Waals surface area (Å²) in [5, 5.41) is 6.16. The van der Waals surface area contributed by atoms with Crippen LogP contribution in [0.3, 0.4) is 0 Å². The van der Waals surface area contributed by atoms with E-state index in [4.69, 9.17) is 4.74 Å². The van der Waals surface area contributed by atoms with Gasteiger partial charge in [-0.2, -0.15) is 4.31 Å². The van der Waals surface area contributed by atoms with E-state index in [-0.39, 0.29) is 30.3 Å². The van der Waals surface area contributed by atoms with E-state index >= 15 is 0 Å². The summed E-state index contributed by atoms with van der Waals surface area (Å²) in [6, 6.07) is 4.88. The van der Waals surface area contributed by atoms with Gasteiger partial charge in [0.1, 0.15) is 5.82 Å². The van der Waals surface area contributed by atoms with Crippen LogP contribution in [0.5, 0.6) is 0 Å². The third-order valence-corrected chi connectivity index (χ3v) is 6.22. The van der Waals surface area contributed by atoms with Crippen LogP contribution in [0.15, 0.2) is 23.2 Å². The Kier molecular flexibility index (Phi) is 8.21. The average molecular weight is 415 g/mol. The summed E-state index contributed by atoms with van der Waals surface area (Å²) < 4.78 is 45.7. The second-order valence-electron chi connectivity index (χ2n) is 7.10. The molecule has 7 nitrogen and oxygen atoms in total. The van der Waals surface area contributed by atoms with Crippen LogP contribution in [0.2, 0.25) is 0 Å². The summed E-state index contributed by atoms with van der Waals surface area (Å²) in [5.41, 5.74) is 1.46. The van der Waals surface area contributed by atoms with Crippen LogP contribution in [0, 0.1) is 12.7 Å². The molecule has 0 aromatic heterocycles. The van der Waals surface area contributed by atoms with Crippen molar-refractivity contribution in [1.29, 1.82) is 0 Å². The van der Waals surface area contributed by atoms with Crippen LogP contribution in [-0.4, -0.2) is 62.8 Å². The largest absolute Gasteiger partial charge is 0.373 e. The number of aliphatic imine (C=N–C) groups is 1. The van der Waals surface area contributed by atoms with Gasteiger partial charge in [-0.15, -0.1) is 0 Å². The fourth-order valence-corrected chi connectivity index (χ4v) is 4.59. The first-order chi connectivity index (χ1) is 13.2. The Morgan fingerprint density at radius 3 is 2.57 bits per heavy atom. The molecule has 0 bridgehead atoms. The third-order valence-electron chi connectivity index (χ3n) is 4.42. The number of rotatable bonds is 7. The molecule has 9 heteroatoms. The minimum absolute atomic E-state index is 0.0213. The van der Waals surface area contributed by atoms with E-state index in [9.17, 15) is 12.8 Å². The van der Waals surface area contributed by atoms with Crippen LogP contribution >= 0.6 is 0 Å². The predicted octanol–water partition coefficient (Wildman–Crippen LogP) is 1.63. The highest BCUT2D eigenvalue weighted by molar-refractivity contribution is 7.89. The van der Waals surface area contributed by atoms with Crippen molar-refractivity contribution in [2.24, 2.45) is 4.99 Å². The molecule has 1 aliphatic rings. The Morgan fingerprint density at radius 2 is 1.96 bits per heavy atom. The van der Waals surface area contributed by atoms with Gasteiger partial charge in [0, 0.05) is 26.2 Å². The van der Waals surface area contributed by atoms with Gasteiger partial charge in [-0.05, 0) is 44.9 Å². The highest BCUT2D eigenvalue weighted by atomic mass is 32.2. The molecule has 2 N–H and O–H groups in total. The normalized spacial score (nSPS) is 21.5. The molecule has 1 fully saturated rings. The average Bonchev–Trinajstić information content (AvgIpc) is 2.61. The first-order valence-electron chi connectivity index (χ1n) is 9.61. The lowest BCUT2D eigenvalue weighted by Crippen LogP contribution is -2.50. The first-order valence-corrected chi connectivity index (χ1v) is 11.2. The summed E-state index contributed by atoms with van der Waals surface area (Å²) in [4.78, 5) is 4.45. The van der Waals surface area contributed by atoms with Crippen molar-refractivity contribution >= 4 is 16.0 Å². The number of halogens is 1. The monoisotopic (exact) mass is 414 g/mol. The number of hydrogen-bond acceptors (Lipinski definition) is 4. The topological polar surface area (TPSA) is 83.0 Å². The summed E-state index contributed by atoms with van der Waals surface area (Å²) in [6.07, 6.45) is -0.214. The second kappa shape index (κ2) is 10.2. The van der Waals surface area contributed by atoms with E-state index in [2.05, 4.69) is 15.6 Å². The number of nitrogens with one attached hydrogen (secondary N) is 2. The zero-order valence-electron chi connectivity index (χ0n) is 17.0. The molecule has 1 aromatic rings. The van der Waals surface area contributed by atoms with Crippen molar-refractivity contribution in [2.75, 3.05) is 31.9 Å². The standard InChI is InChI=1S/C19H31FN4O3S/c1-5-21-19(23-11-17-6-7-18(20)14(2)10-17)22-8-9-28(25,26)24-12-15(3)27-16(4)13-24/h6-7,10,15-16H,5,8-9,11-13H2,1-4H3,(H2,21,22,23). The van der Waals surface area contributed by atoms with Crippen molar-refractivity contribution in [1.82, 2.24) is 14.9 Å². The smallest absolute Gasteiger partial charge is 0.216 e. The van der Waals surface area contributed by atoms with Gasteiger partial charge >= 0.3 is 0 Å². The summed E-state index contributed by atoms with van der Waals surface area (Å²) in [6.45, 7) is 9.44. The molecule has 0 aliphatic carbocycles. The van der Waals surface area contributed by atoms with E-state index in [0.29, 0.717) is 37.7 Å². The lowest BCUT2D eigenvalue weighted by atomic mass is 10.1. The zero-order valence-corrected chi connectivity index (χ0v) is 17.9. The van der Waals surface area contributed by atoms with E-state index in [1.165, 1.54) is 10.4 Å². The number of guanidine groups is 1. The highest BCUT2D eigenvalue weighted by Crippen LogP contribution is 2.14. The highest BCUT2D eigenvalue weighted by Gasteiger charge is 2.30. The number of aryl methyl sites for hydroxylation is 1. The molecule has 2 rings (SSSR count). The number of morpholine rings is 1. The molecule has 158 valence electrons. The molecular formula is C19H31FN4O3S. The second-order valence-corrected chi connectivity index (χ2v) is 9.18. The van der Waals surface area contributed by atoms with Crippen molar-refractivity contribution in [3.63, 3.8) is 0 Å². The number of benzene rings is 1. The minimum atomic E-state index is -3.37. The molecular weight excluding hydrogens is 383 g/mol. The molecule has 1 heterocycles. The maximum absolute atomic E-state index is 13.4. The molecule has 2 unspecified atom stereocenters. The molecule has 1 aliphatic heterocycles. The van der Waals surface area contributed by atoms with Crippen molar-refractivity contribution in [3.05, 3.63) is 35.1 Å². The van der Waals surface area contributed by atoms with Gasteiger partial charge in [-0.3, -0.25) is 0 Å². The van der Waals surface area contributed by atoms with E-state index < -0.39 is 10.0 Å². The minimum Gasteiger partial charge on any atom is -0.373 e. The molecule has 0 radical (unpaired) electrons. The summed E-state index contributed by atoms with van der Waals surface area (Å²) in [7, 11) is -3.37. The van der Waals surface area contributed by atoms with Crippen LogP contribution in [-0.2, 0) is 21.3 Å². The van der Waals surface area contributed by atoms with Gasteiger partial charge in [-0.25, -0.2) is 17.8 Å². The fraction of sp³-hybridized carbons (Fsp3) is 0.632. The van der Waals surface area contributed by atoms with Gasteiger partial charge < -0.3 is 15.4 Å². The van der Waals surface area contributed by atoms with Gasteiger partial charge in [0.15, 0.2) is 5.96 Å². The first kappa shape index (κ1) is 22.6. The molecule has 1 aromatic carbocycles.